The Hall–Kier alpha value is -0.360. The van der Waals surface area contributed by atoms with Gasteiger partial charge in [0.2, 0.25) is 22.5 Å². The minimum atomic E-state index is -1.93. The van der Waals surface area contributed by atoms with E-state index in [-0.39, 0.29) is 0 Å². The maximum atomic E-state index is 9.12. The first kappa shape index (κ1) is 11.6. The largest absolute Gasteiger partial charge is 0.575 e. The summed E-state index contributed by atoms with van der Waals surface area (Å²) in [5.41, 5.74) is 1.17. The Morgan fingerprint density at radius 1 is 1.25 bits per heavy atom. The molecule has 0 radical (unpaired) electrons. The van der Waals surface area contributed by atoms with Crippen LogP contribution < -0.4 is 0 Å². The van der Waals surface area contributed by atoms with E-state index in [2.05, 4.69) is 29.1 Å². The van der Waals surface area contributed by atoms with Crippen molar-refractivity contribution in [2.24, 2.45) is 0 Å². The lowest BCUT2D eigenvalue weighted by molar-refractivity contribution is 0.602. The summed E-state index contributed by atoms with van der Waals surface area (Å²) in [5.74, 6) is 0. The molecule has 0 N–H and O–H groups in total. The third-order valence-electron chi connectivity index (χ3n) is 1.04. The fraction of sp³-hybridized carbons (Fsp3) is 0. The molecule has 0 unspecified atom stereocenters. The smallest absolute Gasteiger partial charge is 0.0985 e. The van der Waals surface area contributed by atoms with Gasteiger partial charge in [0.25, 0.3) is 0 Å². The predicted molar refractivity (Wildman–Crippen MR) is 55.8 cm³/mol. The summed E-state index contributed by atoms with van der Waals surface area (Å²) in [4.78, 5) is 0. The van der Waals surface area contributed by atoms with Crippen molar-refractivity contribution < 1.29 is 4.57 Å². The molecule has 0 bridgehead atoms. The number of benzene rings is 1. The molecule has 0 aromatic heterocycles. The molecule has 1 aromatic carbocycles. The van der Waals surface area contributed by atoms with E-state index < -0.39 is 6.51 Å². The highest BCUT2D eigenvalue weighted by Crippen LogP contribution is 2.31. The molecule has 0 aliphatic rings. The van der Waals surface area contributed by atoms with Gasteiger partial charge in [-0.1, -0.05) is 43.0 Å². The number of hydrogen-bond acceptors (Lipinski definition) is 1. The van der Waals surface area contributed by atoms with Crippen LogP contribution in [0.25, 0.3) is 6.08 Å². The summed E-state index contributed by atoms with van der Waals surface area (Å²) in [7, 11) is 0. The zero-order chi connectivity index (χ0) is 9.40. The van der Waals surface area contributed by atoms with Gasteiger partial charge in [-0.15, -0.1) is 0 Å². The zero-order valence-corrected chi connectivity index (χ0v) is 8.69. The normalized spacial score (nSPS) is 7.83. The van der Waals surface area contributed by atoms with E-state index in [0.717, 1.165) is 0 Å². The Bertz CT molecular complexity index is 244. The summed E-state index contributed by atoms with van der Waals surface area (Å²) >= 11 is 9.10. The Morgan fingerprint density at radius 2 is 1.67 bits per heavy atom. The molecule has 0 saturated heterocycles. The molecule has 4 heteroatoms. The van der Waals surface area contributed by atoms with E-state index in [0.29, 0.717) is 0 Å². The van der Waals surface area contributed by atoms with E-state index in [1.807, 2.05) is 36.4 Å². The van der Waals surface area contributed by atoms with Gasteiger partial charge in [0, 0.05) is 0 Å². The Labute approximate surface area is 82.4 Å². The van der Waals surface area contributed by atoms with Gasteiger partial charge in [0.1, 0.15) is 0 Å². The van der Waals surface area contributed by atoms with Crippen LogP contribution in [0.1, 0.15) is 5.56 Å². The SMILES string of the molecule is C=Cc1ccccc1.O=[P+](Cl)Cl. The molecular formula is C8H8Cl2OP+. The average Bonchev–Trinajstić information content (AvgIpc) is 2.05. The van der Waals surface area contributed by atoms with E-state index in [1.54, 1.807) is 0 Å². The Morgan fingerprint density at radius 3 is 1.92 bits per heavy atom. The maximum Gasteiger partial charge on any atom is 0.575 e. The summed E-state index contributed by atoms with van der Waals surface area (Å²) in [6, 6.07) is 10.0. The van der Waals surface area contributed by atoms with Crippen molar-refractivity contribution in [1.29, 1.82) is 0 Å². The third kappa shape index (κ3) is 7.74. The van der Waals surface area contributed by atoms with Crippen molar-refractivity contribution in [3.05, 3.63) is 42.5 Å². The second kappa shape index (κ2) is 7.30. The van der Waals surface area contributed by atoms with Crippen LogP contribution >= 0.6 is 29.0 Å². The standard InChI is InChI=1S/C8H8.Cl2OP/c1-2-8-6-4-3-5-7-8;1-4(2)3/h2-7H,1H2;/q;+1. The molecule has 1 nitrogen and oxygen atoms in total. The van der Waals surface area contributed by atoms with Gasteiger partial charge in [-0.3, -0.25) is 0 Å². The monoisotopic (exact) mass is 221 g/mol. The molecule has 12 heavy (non-hydrogen) atoms. The molecule has 0 aliphatic carbocycles. The summed E-state index contributed by atoms with van der Waals surface area (Å²) in [6.07, 6.45) is 1.83. The van der Waals surface area contributed by atoms with Crippen LogP contribution in [0.15, 0.2) is 36.9 Å². The number of rotatable bonds is 1. The van der Waals surface area contributed by atoms with Crippen LogP contribution in [0.5, 0.6) is 0 Å². The molecule has 1 aromatic rings. The lowest BCUT2D eigenvalue weighted by Crippen LogP contribution is -1.63. The molecule has 0 heterocycles. The van der Waals surface area contributed by atoms with Crippen molar-refractivity contribution in [3.63, 3.8) is 0 Å². The Kier molecular flexibility index (Phi) is 7.08. The highest BCUT2D eigenvalue weighted by Gasteiger charge is 1.97. The Balaban J connectivity index is 0.000000261. The fourth-order valence-electron chi connectivity index (χ4n) is 0.589. The summed E-state index contributed by atoms with van der Waals surface area (Å²) in [6.45, 7) is 1.71. The molecule has 64 valence electrons. The van der Waals surface area contributed by atoms with Gasteiger partial charge in [-0.25, -0.2) is 0 Å². The first-order chi connectivity index (χ1) is 5.66. The summed E-state index contributed by atoms with van der Waals surface area (Å²) < 4.78 is 9.12. The van der Waals surface area contributed by atoms with Gasteiger partial charge >= 0.3 is 6.51 Å². The molecule has 0 fully saturated rings. The zero-order valence-electron chi connectivity index (χ0n) is 6.28. The molecule has 0 atom stereocenters. The van der Waals surface area contributed by atoms with Crippen molar-refractivity contribution >= 4 is 35.1 Å². The molecule has 1 rings (SSSR count). The van der Waals surface area contributed by atoms with E-state index >= 15 is 0 Å². The highest BCUT2D eigenvalue weighted by atomic mass is 35.9. The van der Waals surface area contributed by atoms with E-state index in [4.69, 9.17) is 4.57 Å². The minimum Gasteiger partial charge on any atom is -0.0985 e. The van der Waals surface area contributed by atoms with Gasteiger partial charge in [-0.2, -0.15) is 0 Å². The molecule has 0 aliphatic heterocycles. The second-order valence-electron chi connectivity index (χ2n) is 1.82. The van der Waals surface area contributed by atoms with Gasteiger partial charge < -0.3 is 0 Å². The fourth-order valence-corrected chi connectivity index (χ4v) is 0.589. The average molecular weight is 222 g/mol. The van der Waals surface area contributed by atoms with Crippen LogP contribution in [0.3, 0.4) is 0 Å². The second-order valence-corrected chi connectivity index (χ2v) is 4.58. The number of hydrogen-bond donors (Lipinski definition) is 0. The van der Waals surface area contributed by atoms with Crippen LogP contribution in [-0.4, -0.2) is 0 Å². The molecule has 0 amide bonds. The summed E-state index contributed by atoms with van der Waals surface area (Å²) in [5, 5.41) is 0. The van der Waals surface area contributed by atoms with E-state index in [1.165, 1.54) is 5.56 Å². The predicted octanol–water partition coefficient (Wildman–Crippen LogP) is 4.45. The molecule has 0 spiro atoms. The van der Waals surface area contributed by atoms with Crippen molar-refractivity contribution in [3.8, 4) is 0 Å². The molecule has 0 saturated carbocycles. The third-order valence-corrected chi connectivity index (χ3v) is 1.04. The highest BCUT2D eigenvalue weighted by molar-refractivity contribution is 7.95. The van der Waals surface area contributed by atoms with Crippen LogP contribution in [0.4, 0.5) is 0 Å². The first-order valence-electron chi connectivity index (χ1n) is 3.13. The minimum absolute atomic E-state index is 1.17. The maximum absolute atomic E-state index is 9.12. The van der Waals surface area contributed by atoms with Crippen LogP contribution in [0, 0.1) is 0 Å². The topological polar surface area (TPSA) is 17.1 Å². The van der Waals surface area contributed by atoms with Crippen molar-refractivity contribution in [1.82, 2.24) is 0 Å². The molecular weight excluding hydrogens is 214 g/mol. The van der Waals surface area contributed by atoms with Crippen molar-refractivity contribution in [2.75, 3.05) is 0 Å². The lowest BCUT2D eigenvalue weighted by atomic mass is 10.2. The van der Waals surface area contributed by atoms with Gasteiger partial charge in [0.15, 0.2) is 0 Å². The van der Waals surface area contributed by atoms with Crippen LogP contribution in [-0.2, 0) is 4.57 Å². The van der Waals surface area contributed by atoms with Crippen LogP contribution in [0.2, 0.25) is 0 Å². The van der Waals surface area contributed by atoms with Crippen molar-refractivity contribution in [2.45, 2.75) is 0 Å². The van der Waals surface area contributed by atoms with Gasteiger partial charge in [-0.05, 0) is 10.1 Å². The van der Waals surface area contributed by atoms with E-state index in [9.17, 15) is 0 Å². The number of halogens is 2. The lowest BCUT2D eigenvalue weighted by Gasteiger charge is -1.85. The quantitative estimate of drug-likeness (QED) is 0.641. The first-order valence-corrected chi connectivity index (χ1v) is 6.20. The van der Waals surface area contributed by atoms with Gasteiger partial charge in [0.05, 0.1) is 0 Å².